The summed E-state index contributed by atoms with van der Waals surface area (Å²) in [7, 11) is 4.83. The first-order chi connectivity index (χ1) is 12.2. The van der Waals surface area contributed by atoms with E-state index in [0.29, 0.717) is 30.3 Å². The van der Waals surface area contributed by atoms with Gasteiger partial charge in [0, 0.05) is 23.5 Å². The Hall–Kier alpha value is -2.34. The van der Waals surface area contributed by atoms with Crippen LogP contribution < -0.4 is 14.2 Å². The minimum atomic E-state index is 0.0473. The number of thioether (sulfide) groups is 1. The topological polar surface area (TPSA) is 48.0 Å². The normalized spacial score (nSPS) is 16.1. The summed E-state index contributed by atoms with van der Waals surface area (Å²) in [5.41, 5.74) is 2.08. The van der Waals surface area contributed by atoms with Gasteiger partial charge < -0.3 is 19.1 Å². The van der Waals surface area contributed by atoms with Crippen molar-refractivity contribution in [2.75, 3.05) is 27.9 Å². The van der Waals surface area contributed by atoms with Crippen molar-refractivity contribution in [3.8, 4) is 17.2 Å². The van der Waals surface area contributed by atoms with Gasteiger partial charge in [-0.05, 0) is 23.8 Å². The maximum atomic E-state index is 11.4. The SMILES string of the molecule is COc1cc2c(c(OC)c1OC)C(Sc1ccccc1)CN(C=O)C2. The lowest BCUT2D eigenvalue weighted by molar-refractivity contribution is -0.118. The highest BCUT2D eigenvalue weighted by Crippen LogP contribution is 2.51. The first-order valence-corrected chi connectivity index (χ1v) is 8.82. The van der Waals surface area contributed by atoms with E-state index in [4.69, 9.17) is 14.2 Å². The van der Waals surface area contributed by atoms with E-state index in [2.05, 4.69) is 12.1 Å². The van der Waals surface area contributed by atoms with Crippen LogP contribution in [-0.4, -0.2) is 39.2 Å². The largest absolute Gasteiger partial charge is 0.493 e. The summed E-state index contributed by atoms with van der Waals surface area (Å²) in [5, 5.41) is 0.0473. The lowest BCUT2D eigenvalue weighted by Crippen LogP contribution is -2.32. The highest BCUT2D eigenvalue weighted by Gasteiger charge is 2.32. The van der Waals surface area contributed by atoms with Gasteiger partial charge in [-0.3, -0.25) is 4.79 Å². The standard InChI is InChI=1S/C19H21NO4S/c1-22-15-9-13-10-20(12-21)11-16(25-14-7-5-4-6-8-14)17(13)19(24-3)18(15)23-2/h4-9,12,16H,10-11H2,1-3H3. The number of amides is 1. The van der Waals surface area contributed by atoms with Crippen LogP contribution in [0.4, 0.5) is 0 Å². The summed E-state index contributed by atoms with van der Waals surface area (Å²) >= 11 is 1.71. The summed E-state index contributed by atoms with van der Waals surface area (Å²) in [6.07, 6.45) is 0.894. The summed E-state index contributed by atoms with van der Waals surface area (Å²) < 4.78 is 16.7. The molecule has 1 unspecified atom stereocenters. The molecule has 132 valence electrons. The average Bonchev–Trinajstić information content (AvgIpc) is 2.66. The van der Waals surface area contributed by atoms with Crippen molar-refractivity contribution in [2.24, 2.45) is 0 Å². The molecule has 2 aromatic rings. The number of benzene rings is 2. The number of rotatable bonds is 6. The van der Waals surface area contributed by atoms with Gasteiger partial charge in [0.05, 0.1) is 26.6 Å². The number of carbonyl (C=O) groups is 1. The van der Waals surface area contributed by atoms with Crippen LogP contribution in [0.15, 0.2) is 41.3 Å². The molecule has 0 N–H and O–H groups in total. The van der Waals surface area contributed by atoms with Crippen molar-refractivity contribution in [1.29, 1.82) is 0 Å². The number of ether oxygens (including phenoxy) is 3. The second-order valence-electron chi connectivity index (χ2n) is 5.67. The molecular formula is C19H21NO4S. The Kier molecular flexibility index (Phi) is 5.38. The van der Waals surface area contributed by atoms with E-state index < -0.39 is 0 Å². The Bertz CT molecular complexity index is 751. The zero-order valence-corrected chi connectivity index (χ0v) is 15.3. The van der Waals surface area contributed by atoms with Crippen LogP contribution in [0.1, 0.15) is 16.4 Å². The first-order valence-electron chi connectivity index (χ1n) is 7.94. The molecule has 1 aliphatic heterocycles. The van der Waals surface area contributed by atoms with E-state index in [0.717, 1.165) is 22.4 Å². The van der Waals surface area contributed by atoms with Crippen LogP contribution in [0.5, 0.6) is 17.2 Å². The van der Waals surface area contributed by atoms with E-state index in [-0.39, 0.29) is 5.25 Å². The van der Waals surface area contributed by atoms with Gasteiger partial charge in [-0.2, -0.15) is 0 Å². The summed E-state index contributed by atoms with van der Waals surface area (Å²) in [4.78, 5) is 14.3. The highest BCUT2D eigenvalue weighted by atomic mass is 32.2. The van der Waals surface area contributed by atoms with Crippen molar-refractivity contribution >= 4 is 18.2 Å². The van der Waals surface area contributed by atoms with E-state index in [9.17, 15) is 4.79 Å². The molecule has 1 amide bonds. The maximum Gasteiger partial charge on any atom is 0.210 e. The minimum Gasteiger partial charge on any atom is -0.493 e. The van der Waals surface area contributed by atoms with E-state index in [1.165, 1.54) is 0 Å². The molecule has 5 nitrogen and oxygen atoms in total. The molecule has 1 aliphatic rings. The van der Waals surface area contributed by atoms with Gasteiger partial charge in [-0.15, -0.1) is 11.8 Å². The summed E-state index contributed by atoms with van der Waals surface area (Å²) in [6.45, 7) is 1.14. The van der Waals surface area contributed by atoms with E-state index in [1.807, 2.05) is 24.3 Å². The molecule has 1 atom stereocenters. The number of fused-ring (bicyclic) bond motifs is 1. The summed E-state index contributed by atoms with van der Waals surface area (Å²) in [6, 6.07) is 12.1. The average molecular weight is 359 g/mol. The van der Waals surface area contributed by atoms with Crippen molar-refractivity contribution in [3.05, 3.63) is 47.5 Å². The zero-order valence-electron chi connectivity index (χ0n) is 14.5. The van der Waals surface area contributed by atoms with Gasteiger partial charge in [0.15, 0.2) is 11.5 Å². The quantitative estimate of drug-likeness (QED) is 0.739. The molecule has 0 radical (unpaired) electrons. The Morgan fingerprint density at radius 1 is 1.08 bits per heavy atom. The Labute approximate surface area is 151 Å². The molecule has 6 heteroatoms. The third-order valence-corrected chi connectivity index (χ3v) is 5.43. The first kappa shape index (κ1) is 17.5. The fourth-order valence-electron chi connectivity index (χ4n) is 3.14. The molecule has 25 heavy (non-hydrogen) atoms. The maximum absolute atomic E-state index is 11.4. The number of hydrogen-bond acceptors (Lipinski definition) is 5. The fourth-order valence-corrected chi connectivity index (χ4v) is 4.43. The molecule has 0 bridgehead atoms. The van der Waals surface area contributed by atoms with Crippen LogP contribution in [0, 0.1) is 0 Å². The van der Waals surface area contributed by atoms with Crippen LogP contribution in [0.25, 0.3) is 0 Å². The molecule has 0 aliphatic carbocycles. The molecule has 0 spiro atoms. The van der Waals surface area contributed by atoms with Gasteiger partial charge in [-0.25, -0.2) is 0 Å². The Morgan fingerprint density at radius 3 is 2.40 bits per heavy atom. The number of nitrogens with zero attached hydrogens (tertiary/aromatic N) is 1. The second kappa shape index (κ2) is 7.70. The van der Waals surface area contributed by atoms with Crippen LogP contribution >= 0.6 is 11.8 Å². The molecule has 0 fully saturated rings. The van der Waals surface area contributed by atoms with Crippen molar-refractivity contribution in [3.63, 3.8) is 0 Å². The lowest BCUT2D eigenvalue weighted by atomic mass is 9.97. The van der Waals surface area contributed by atoms with E-state index >= 15 is 0 Å². The minimum absolute atomic E-state index is 0.0473. The second-order valence-corrected chi connectivity index (χ2v) is 6.95. The summed E-state index contributed by atoms with van der Waals surface area (Å²) in [5.74, 6) is 1.87. The van der Waals surface area contributed by atoms with Gasteiger partial charge in [0.25, 0.3) is 0 Å². The predicted octanol–water partition coefficient (Wildman–Crippen LogP) is 3.52. The predicted molar refractivity (Wildman–Crippen MR) is 97.6 cm³/mol. The van der Waals surface area contributed by atoms with Gasteiger partial charge in [0.2, 0.25) is 12.2 Å². The number of methoxy groups -OCH3 is 3. The lowest BCUT2D eigenvalue weighted by Gasteiger charge is -2.34. The molecular weight excluding hydrogens is 338 g/mol. The monoisotopic (exact) mass is 359 g/mol. The number of hydrogen-bond donors (Lipinski definition) is 0. The number of carbonyl (C=O) groups excluding carboxylic acids is 1. The fraction of sp³-hybridized carbons (Fsp3) is 0.316. The molecule has 1 heterocycles. The zero-order chi connectivity index (χ0) is 17.8. The van der Waals surface area contributed by atoms with Crippen LogP contribution in [0.3, 0.4) is 0 Å². The Morgan fingerprint density at radius 2 is 1.80 bits per heavy atom. The molecule has 0 saturated carbocycles. The van der Waals surface area contributed by atoms with Crippen molar-refractivity contribution in [1.82, 2.24) is 4.90 Å². The van der Waals surface area contributed by atoms with Crippen molar-refractivity contribution in [2.45, 2.75) is 16.7 Å². The van der Waals surface area contributed by atoms with Gasteiger partial charge >= 0.3 is 0 Å². The van der Waals surface area contributed by atoms with Crippen molar-refractivity contribution < 1.29 is 19.0 Å². The molecule has 0 aromatic heterocycles. The third-order valence-electron chi connectivity index (χ3n) is 4.22. The van der Waals surface area contributed by atoms with Gasteiger partial charge in [0.1, 0.15) is 0 Å². The van der Waals surface area contributed by atoms with Crippen LogP contribution in [-0.2, 0) is 11.3 Å². The smallest absolute Gasteiger partial charge is 0.210 e. The Balaban J connectivity index is 2.11. The molecule has 0 saturated heterocycles. The molecule has 3 rings (SSSR count). The highest BCUT2D eigenvalue weighted by molar-refractivity contribution is 7.99. The van der Waals surface area contributed by atoms with Gasteiger partial charge in [-0.1, -0.05) is 18.2 Å². The molecule has 2 aromatic carbocycles. The third kappa shape index (κ3) is 3.39. The van der Waals surface area contributed by atoms with Crippen LogP contribution in [0.2, 0.25) is 0 Å². The van der Waals surface area contributed by atoms with E-state index in [1.54, 1.807) is 38.0 Å².